The number of rotatable bonds is 5. The summed E-state index contributed by atoms with van der Waals surface area (Å²) in [6.45, 7) is 2.84. The number of amides is 1. The maximum atomic E-state index is 8.94. The van der Waals surface area contributed by atoms with Gasteiger partial charge in [-0.3, -0.25) is 10.2 Å². The summed E-state index contributed by atoms with van der Waals surface area (Å²) in [4.78, 5) is 8.94. The summed E-state index contributed by atoms with van der Waals surface area (Å²) in [5.74, 6) is 4.41. The third-order valence-electron chi connectivity index (χ3n) is 2.28. The third kappa shape index (κ3) is 5.33. The van der Waals surface area contributed by atoms with Crippen LogP contribution in [0.2, 0.25) is 0 Å². The van der Waals surface area contributed by atoms with Crippen LogP contribution in [0.25, 0.3) is 0 Å². The molecule has 0 saturated carbocycles. The van der Waals surface area contributed by atoms with Crippen molar-refractivity contribution in [2.24, 2.45) is 5.84 Å². The second-order valence-corrected chi connectivity index (χ2v) is 3.26. The van der Waals surface area contributed by atoms with Gasteiger partial charge in [-0.15, -0.1) is 0 Å². The minimum Gasteiger partial charge on any atom is -0.388 e. The van der Waals surface area contributed by atoms with Crippen molar-refractivity contribution in [3.05, 3.63) is 29.3 Å². The first-order valence-electron chi connectivity index (χ1n) is 5.42. The highest BCUT2D eigenvalue weighted by atomic mass is 16.5. The van der Waals surface area contributed by atoms with Crippen molar-refractivity contribution < 1.29 is 9.53 Å². The van der Waals surface area contributed by atoms with Crippen LogP contribution in [0, 0.1) is 0 Å². The van der Waals surface area contributed by atoms with Crippen molar-refractivity contribution in [3.8, 4) is 0 Å². The SMILES string of the molecule is CCc1cccc(NC)c1COC.NNC=O. The molecule has 0 bridgehead atoms. The van der Waals surface area contributed by atoms with Gasteiger partial charge in [0.05, 0.1) is 6.61 Å². The fourth-order valence-corrected chi connectivity index (χ4v) is 1.51. The van der Waals surface area contributed by atoms with E-state index < -0.39 is 0 Å². The Morgan fingerprint density at radius 2 is 2.12 bits per heavy atom. The number of ether oxygens (including phenoxy) is 1. The molecule has 0 spiro atoms. The number of benzene rings is 1. The number of methoxy groups -OCH3 is 1. The van der Waals surface area contributed by atoms with Gasteiger partial charge in [-0.25, -0.2) is 5.84 Å². The zero-order valence-corrected chi connectivity index (χ0v) is 10.6. The van der Waals surface area contributed by atoms with Crippen LogP contribution >= 0.6 is 0 Å². The van der Waals surface area contributed by atoms with Gasteiger partial charge < -0.3 is 10.1 Å². The maximum absolute atomic E-state index is 8.94. The van der Waals surface area contributed by atoms with E-state index in [9.17, 15) is 0 Å². The largest absolute Gasteiger partial charge is 0.388 e. The molecule has 0 radical (unpaired) electrons. The highest BCUT2D eigenvalue weighted by Crippen LogP contribution is 2.20. The van der Waals surface area contributed by atoms with Gasteiger partial charge in [-0.1, -0.05) is 19.1 Å². The Morgan fingerprint density at radius 3 is 2.53 bits per heavy atom. The van der Waals surface area contributed by atoms with Crippen LogP contribution in [-0.2, 0) is 22.6 Å². The van der Waals surface area contributed by atoms with E-state index in [2.05, 4.69) is 36.3 Å². The molecule has 1 amide bonds. The number of carbonyl (C=O) groups excluding carboxylic acids is 1. The van der Waals surface area contributed by atoms with Crippen molar-refractivity contribution in [1.82, 2.24) is 5.43 Å². The molecule has 0 atom stereocenters. The van der Waals surface area contributed by atoms with E-state index in [1.807, 2.05) is 7.05 Å². The number of aryl methyl sites for hydroxylation is 1. The minimum atomic E-state index is 0.403. The molecule has 1 aromatic carbocycles. The first-order chi connectivity index (χ1) is 8.24. The molecule has 5 nitrogen and oxygen atoms in total. The normalized spacial score (nSPS) is 8.94. The molecule has 1 rings (SSSR count). The minimum absolute atomic E-state index is 0.403. The van der Waals surface area contributed by atoms with E-state index in [1.54, 1.807) is 12.5 Å². The Bertz CT molecular complexity index is 307. The van der Waals surface area contributed by atoms with Crippen molar-refractivity contribution in [3.63, 3.8) is 0 Å². The summed E-state index contributed by atoms with van der Waals surface area (Å²) >= 11 is 0. The quantitative estimate of drug-likeness (QED) is 0.310. The van der Waals surface area contributed by atoms with E-state index in [4.69, 9.17) is 9.53 Å². The summed E-state index contributed by atoms with van der Waals surface area (Å²) in [7, 11) is 3.67. The first kappa shape index (κ1) is 15.4. The molecule has 0 aliphatic rings. The summed E-state index contributed by atoms with van der Waals surface area (Å²) in [6, 6.07) is 6.30. The topological polar surface area (TPSA) is 76.4 Å². The van der Waals surface area contributed by atoms with Gasteiger partial charge in [-0.05, 0) is 18.1 Å². The average molecular weight is 239 g/mol. The van der Waals surface area contributed by atoms with Crippen molar-refractivity contribution in [1.29, 1.82) is 0 Å². The van der Waals surface area contributed by atoms with Crippen molar-refractivity contribution in [2.75, 3.05) is 19.5 Å². The van der Waals surface area contributed by atoms with E-state index in [1.165, 1.54) is 16.8 Å². The lowest BCUT2D eigenvalue weighted by atomic mass is 10.0. The highest BCUT2D eigenvalue weighted by Gasteiger charge is 2.04. The predicted molar refractivity (Wildman–Crippen MR) is 69.5 cm³/mol. The van der Waals surface area contributed by atoms with E-state index >= 15 is 0 Å². The van der Waals surface area contributed by atoms with Gasteiger partial charge in [0.2, 0.25) is 6.41 Å². The van der Waals surface area contributed by atoms with Gasteiger partial charge in [0.15, 0.2) is 0 Å². The molecule has 5 heteroatoms. The fraction of sp³-hybridized carbons (Fsp3) is 0.417. The molecular weight excluding hydrogens is 218 g/mol. The molecule has 0 heterocycles. The molecule has 0 saturated heterocycles. The Balaban J connectivity index is 0.000000557. The molecule has 0 fully saturated rings. The molecule has 0 aliphatic carbocycles. The van der Waals surface area contributed by atoms with Crippen molar-refractivity contribution in [2.45, 2.75) is 20.0 Å². The number of hydrogen-bond acceptors (Lipinski definition) is 4. The van der Waals surface area contributed by atoms with Crippen LogP contribution in [0.5, 0.6) is 0 Å². The molecule has 4 N–H and O–H groups in total. The molecule has 0 unspecified atom stereocenters. The molecule has 0 aliphatic heterocycles. The lowest BCUT2D eigenvalue weighted by molar-refractivity contribution is -0.109. The Morgan fingerprint density at radius 1 is 1.47 bits per heavy atom. The predicted octanol–water partition coefficient (Wildman–Crippen LogP) is 1.04. The molecule has 0 aromatic heterocycles. The van der Waals surface area contributed by atoms with Crippen molar-refractivity contribution >= 4 is 12.1 Å². The average Bonchev–Trinajstić information content (AvgIpc) is 2.39. The summed E-state index contributed by atoms with van der Waals surface area (Å²) in [6.07, 6.45) is 1.45. The smallest absolute Gasteiger partial charge is 0.221 e. The lowest BCUT2D eigenvalue weighted by Gasteiger charge is -2.12. The third-order valence-corrected chi connectivity index (χ3v) is 2.28. The van der Waals surface area contributed by atoms with Gasteiger partial charge in [0, 0.05) is 25.4 Å². The summed E-state index contributed by atoms with van der Waals surface area (Å²) in [5.41, 5.74) is 5.55. The summed E-state index contributed by atoms with van der Waals surface area (Å²) < 4.78 is 5.17. The molecule has 96 valence electrons. The number of nitrogens with one attached hydrogen (secondary N) is 2. The van der Waals surface area contributed by atoms with Crippen LogP contribution in [0.15, 0.2) is 18.2 Å². The van der Waals surface area contributed by atoms with Crippen LogP contribution in [0.1, 0.15) is 18.1 Å². The fourth-order valence-electron chi connectivity index (χ4n) is 1.51. The number of nitrogens with two attached hydrogens (primary N) is 1. The standard InChI is InChI=1S/C11H17NO.CH4N2O/c1-4-9-6-5-7-11(12-2)10(9)8-13-3;2-3-1-4/h5-7,12H,4,8H2,1-3H3;1H,2H2,(H,3,4). The van der Waals surface area contributed by atoms with Crippen LogP contribution in [0.4, 0.5) is 5.69 Å². The van der Waals surface area contributed by atoms with E-state index in [0.717, 1.165) is 6.42 Å². The van der Waals surface area contributed by atoms with Crippen LogP contribution in [0.3, 0.4) is 0 Å². The highest BCUT2D eigenvalue weighted by molar-refractivity contribution is 5.54. The zero-order valence-electron chi connectivity index (χ0n) is 10.6. The number of hydrogen-bond donors (Lipinski definition) is 3. The Hall–Kier alpha value is -1.59. The van der Waals surface area contributed by atoms with E-state index in [-0.39, 0.29) is 0 Å². The number of hydrazine groups is 1. The maximum Gasteiger partial charge on any atom is 0.221 e. The van der Waals surface area contributed by atoms with Crippen LogP contribution in [-0.4, -0.2) is 20.6 Å². The Labute approximate surface area is 102 Å². The molecule has 17 heavy (non-hydrogen) atoms. The lowest BCUT2D eigenvalue weighted by Crippen LogP contribution is -2.18. The van der Waals surface area contributed by atoms with E-state index in [0.29, 0.717) is 13.0 Å². The molecular formula is C12H21N3O2. The van der Waals surface area contributed by atoms with Gasteiger partial charge in [0.25, 0.3) is 0 Å². The number of carbonyl (C=O) groups is 1. The second-order valence-electron chi connectivity index (χ2n) is 3.26. The first-order valence-corrected chi connectivity index (χ1v) is 5.42. The van der Waals surface area contributed by atoms with Crippen LogP contribution < -0.4 is 16.6 Å². The monoisotopic (exact) mass is 239 g/mol. The molecule has 1 aromatic rings. The summed E-state index contributed by atoms with van der Waals surface area (Å²) in [5, 5.41) is 3.18. The van der Waals surface area contributed by atoms with Gasteiger partial charge >= 0.3 is 0 Å². The van der Waals surface area contributed by atoms with Gasteiger partial charge in [-0.2, -0.15) is 0 Å². The zero-order chi connectivity index (χ0) is 13.1. The second kappa shape index (κ2) is 9.62. The Kier molecular flexibility index (Phi) is 8.72. The number of anilines is 1. The van der Waals surface area contributed by atoms with Gasteiger partial charge in [0.1, 0.15) is 0 Å².